The SMILES string of the molecule is CC(C)NS(=O)(=O)c1ccc(NS(C)(=O)=O)cc1. The Morgan fingerprint density at radius 3 is 1.89 bits per heavy atom. The highest BCUT2D eigenvalue weighted by atomic mass is 32.2. The van der Waals surface area contributed by atoms with Gasteiger partial charge in [-0.2, -0.15) is 0 Å². The Morgan fingerprint density at radius 2 is 1.50 bits per heavy atom. The van der Waals surface area contributed by atoms with E-state index in [4.69, 9.17) is 0 Å². The molecule has 0 saturated heterocycles. The van der Waals surface area contributed by atoms with Crippen molar-refractivity contribution in [1.29, 1.82) is 0 Å². The van der Waals surface area contributed by atoms with Gasteiger partial charge in [-0.25, -0.2) is 21.6 Å². The fraction of sp³-hybridized carbons (Fsp3) is 0.400. The Bertz CT molecular complexity index is 604. The van der Waals surface area contributed by atoms with E-state index < -0.39 is 20.0 Å². The normalized spacial score (nSPS) is 12.7. The average molecular weight is 292 g/mol. The first-order valence-electron chi connectivity index (χ1n) is 5.20. The Morgan fingerprint density at radius 1 is 1.00 bits per heavy atom. The van der Waals surface area contributed by atoms with Crippen molar-refractivity contribution in [2.24, 2.45) is 0 Å². The van der Waals surface area contributed by atoms with Gasteiger partial charge >= 0.3 is 0 Å². The number of sulfonamides is 2. The molecule has 102 valence electrons. The van der Waals surface area contributed by atoms with Gasteiger partial charge in [0.05, 0.1) is 11.2 Å². The zero-order valence-corrected chi connectivity index (χ0v) is 12.0. The van der Waals surface area contributed by atoms with E-state index in [0.717, 1.165) is 6.26 Å². The fourth-order valence-corrected chi connectivity index (χ4v) is 3.11. The molecule has 0 aromatic heterocycles. The van der Waals surface area contributed by atoms with Crippen LogP contribution in [0.15, 0.2) is 29.2 Å². The molecule has 0 aliphatic carbocycles. The highest BCUT2D eigenvalue weighted by molar-refractivity contribution is 7.92. The summed E-state index contributed by atoms with van der Waals surface area (Å²) >= 11 is 0. The van der Waals surface area contributed by atoms with Gasteiger partial charge in [-0.15, -0.1) is 0 Å². The lowest BCUT2D eigenvalue weighted by molar-refractivity contribution is 0.570. The van der Waals surface area contributed by atoms with Gasteiger partial charge in [-0.05, 0) is 38.1 Å². The van der Waals surface area contributed by atoms with Crippen LogP contribution < -0.4 is 9.44 Å². The van der Waals surface area contributed by atoms with Gasteiger partial charge in [0.2, 0.25) is 20.0 Å². The number of benzene rings is 1. The lowest BCUT2D eigenvalue weighted by Crippen LogP contribution is -2.30. The van der Waals surface area contributed by atoms with E-state index in [1.807, 2.05) is 0 Å². The highest BCUT2D eigenvalue weighted by Crippen LogP contribution is 2.15. The minimum Gasteiger partial charge on any atom is -0.284 e. The third-order valence-corrected chi connectivity index (χ3v) is 4.14. The Hall–Kier alpha value is -1.12. The molecule has 18 heavy (non-hydrogen) atoms. The zero-order chi connectivity index (χ0) is 14.0. The van der Waals surface area contributed by atoms with E-state index in [1.165, 1.54) is 24.3 Å². The van der Waals surface area contributed by atoms with Crippen molar-refractivity contribution in [1.82, 2.24) is 4.72 Å². The van der Waals surface area contributed by atoms with Crippen LogP contribution in [0.2, 0.25) is 0 Å². The van der Waals surface area contributed by atoms with Crippen molar-refractivity contribution in [3.8, 4) is 0 Å². The van der Waals surface area contributed by atoms with Crippen LogP contribution in [0, 0.1) is 0 Å². The molecule has 0 heterocycles. The topological polar surface area (TPSA) is 92.3 Å². The van der Waals surface area contributed by atoms with Crippen LogP contribution in [0.4, 0.5) is 5.69 Å². The molecule has 0 spiro atoms. The molecular formula is C10H16N2O4S2. The standard InChI is InChI=1S/C10H16N2O4S2/c1-8(2)11-18(15,16)10-6-4-9(5-7-10)12-17(3,13)14/h4-8,11-12H,1-3H3. The lowest BCUT2D eigenvalue weighted by Gasteiger charge is -2.10. The van der Waals surface area contributed by atoms with Gasteiger partial charge in [0.1, 0.15) is 0 Å². The van der Waals surface area contributed by atoms with Gasteiger partial charge in [0.25, 0.3) is 0 Å². The summed E-state index contributed by atoms with van der Waals surface area (Å²) in [5.41, 5.74) is 0.320. The molecule has 0 bridgehead atoms. The summed E-state index contributed by atoms with van der Waals surface area (Å²) < 4.78 is 50.2. The van der Waals surface area contributed by atoms with E-state index in [9.17, 15) is 16.8 Å². The molecule has 6 nitrogen and oxygen atoms in total. The lowest BCUT2D eigenvalue weighted by atomic mass is 10.3. The summed E-state index contributed by atoms with van der Waals surface area (Å²) in [4.78, 5) is 0.0928. The van der Waals surface area contributed by atoms with E-state index in [-0.39, 0.29) is 10.9 Å². The molecule has 0 aliphatic heterocycles. The molecule has 0 atom stereocenters. The van der Waals surface area contributed by atoms with Crippen LogP contribution >= 0.6 is 0 Å². The molecule has 0 radical (unpaired) electrons. The van der Waals surface area contributed by atoms with Crippen LogP contribution in [0.5, 0.6) is 0 Å². The van der Waals surface area contributed by atoms with E-state index in [1.54, 1.807) is 13.8 Å². The molecule has 0 fully saturated rings. The Labute approximate surface area is 108 Å². The number of rotatable bonds is 5. The number of hydrogen-bond donors (Lipinski definition) is 2. The summed E-state index contributed by atoms with van der Waals surface area (Å²) in [6.07, 6.45) is 1.03. The van der Waals surface area contributed by atoms with Crippen molar-refractivity contribution < 1.29 is 16.8 Å². The van der Waals surface area contributed by atoms with Crippen LogP contribution in [0.25, 0.3) is 0 Å². The molecule has 0 amide bonds. The quantitative estimate of drug-likeness (QED) is 0.837. The third-order valence-electron chi connectivity index (χ3n) is 1.86. The van der Waals surface area contributed by atoms with Crippen molar-refractivity contribution >= 4 is 25.7 Å². The summed E-state index contributed by atoms with van der Waals surface area (Å²) in [5, 5.41) is 0. The smallest absolute Gasteiger partial charge is 0.240 e. The van der Waals surface area contributed by atoms with Crippen LogP contribution in [0.3, 0.4) is 0 Å². The van der Waals surface area contributed by atoms with Crippen LogP contribution in [-0.2, 0) is 20.0 Å². The molecule has 2 N–H and O–H groups in total. The van der Waals surface area contributed by atoms with Crippen molar-refractivity contribution in [3.63, 3.8) is 0 Å². The van der Waals surface area contributed by atoms with Crippen molar-refractivity contribution in [2.75, 3.05) is 11.0 Å². The van der Waals surface area contributed by atoms with E-state index >= 15 is 0 Å². The molecule has 8 heteroatoms. The first-order chi connectivity index (χ1) is 8.10. The second-order valence-electron chi connectivity index (χ2n) is 4.17. The molecule has 0 unspecified atom stereocenters. The van der Waals surface area contributed by atoms with Gasteiger partial charge < -0.3 is 0 Å². The summed E-state index contributed by atoms with van der Waals surface area (Å²) in [7, 11) is -6.91. The molecule has 1 rings (SSSR count). The zero-order valence-electron chi connectivity index (χ0n) is 10.3. The minimum atomic E-state index is -3.55. The molecule has 1 aromatic rings. The molecule has 0 aliphatic rings. The Balaban J connectivity index is 2.96. The second-order valence-corrected chi connectivity index (χ2v) is 7.64. The maximum atomic E-state index is 11.8. The summed E-state index contributed by atoms with van der Waals surface area (Å²) in [6, 6.07) is 5.28. The predicted molar refractivity (Wildman–Crippen MR) is 70.4 cm³/mol. The predicted octanol–water partition coefficient (Wildman–Crippen LogP) is 0.745. The molecule has 1 aromatic carbocycles. The highest BCUT2D eigenvalue weighted by Gasteiger charge is 2.15. The fourth-order valence-electron chi connectivity index (χ4n) is 1.29. The van der Waals surface area contributed by atoms with Gasteiger partial charge in [0.15, 0.2) is 0 Å². The van der Waals surface area contributed by atoms with Crippen molar-refractivity contribution in [3.05, 3.63) is 24.3 Å². The van der Waals surface area contributed by atoms with Crippen LogP contribution in [-0.4, -0.2) is 29.1 Å². The largest absolute Gasteiger partial charge is 0.284 e. The maximum Gasteiger partial charge on any atom is 0.240 e. The van der Waals surface area contributed by atoms with Crippen LogP contribution in [0.1, 0.15) is 13.8 Å². The summed E-state index contributed by atoms with van der Waals surface area (Å²) in [5.74, 6) is 0. The van der Waals surface area contributed by atoms with Gasteiger partial charge in [-0.1, -0.05) is 0 Å². The van der Waals surface area contributed by atoms with Crippen molar-refractivity contribution in [2.45, 2.75) is 24.8 Å². The first kappa shape index (κ1) is 14.9. The molecule has 0 saturated carbocycles. The minimum absolute atomic E-state index is 0.0928. The monoisotopic (exact) mass is 292 g/mol. The maximum absolute atomic E-state index is 11.8. The first-order valence-corrected chi connectivity index (χ1v) is 8.58. The average Bonchev–Trinajstić information content (AvgIpc) is 2.13. The molecular weight excluding hydrogens is 276 g/mol. The van der Waals surface area contributed by atoms with E-state index in [2.05, 4.69) is 9.44 Å². The summed E-state index contributed by atoms with van der Waals surface area (Å²) in [6.45, 7) is 3.44. The van der Waals surface area contributed by atoms with Gasteiger partial charge in [-0.3, -0.25) is 4.72 Å². The number of hydrogen-bond acceptors (Lipinski definition) is 4. The van der Waals surface area contributed by atoms with Gasteiger partial charge in [0, 0.05) is 11.7 Å². The van der Waals surface area contributed by atoms with E-state index in [0.29, 0.717) is 5.69 Å². The number of anilines is 1. The Kier molecular flexibility index (Phi) is 4.36. The number of nitrogens with one attached hydrogen (secondary N) is 2. The second kappa shape index (κ2) is 5.25. The third kappa shape index (κ3) is 4.63.